The number of benzene rings is 3. The first-order chi connectivity index (χ1) is 15.7. The standard InChI is InChI=1S/C26H24BN3O2/c1-27-16-12-13-21-19(14-16)20(15-28-21)26-29-24(17-8-4-6-10-22(17)31-2)25(30-26)18-9-5-7-11-23(18)32-3/h4-15,27-28H,1-3H3,(H,29,30). The highest BCUT2D eigenvalue weighted by Crippen LogP contribution is 2.41. The molecule has 0 aliphatic carbocycles. The lowest BCUT2D eigenvalue weighted by Crippen LogP contribution is -2.08. The molecular formula is C26H24BN3O2. The lowest BCUT2D eigenvalue weighted by Gasteiger charge is -2.10. The second kappa shape index (κ2) is 8.31. The number of aromatic nitrogens is 3. The van der Waals surface area contributed by atoms with Crippen molar-refractivity contribution in [2.75, 3.05) is 14.2 Å². The van der Waals surface area contributed by atoms with Gasteiger partial charge in [-0.3, -0.25) is 0 Å². The number of H-pyrrole nitrogens is 2. The van der Waals surface area contributed by atoms with E-state index in [0.29, 0.717) is 0 Å². The predicted octanol–water partition coefficient (Wildman–Crippen LogP) is 5.02. The van der Waals surface area contributed by atoms with Crippen LogP contribution in [-0.2, 0) is 0 Å². The molecule has 0 radical (unpaired) electrons. The van der Waals surface area contributed by atoms with Gasteiger partial charge < -0.3 is 19.4 Å². The molecular weight excluding hydrogens is 397 g/mol. The Bertz CT molecular complexity index is 1340. The van der Waals surface area contributed by atoms with E-state index < -0.39 is 0 Å². The van der Waals surface area contributed by atoms with Gasteiger partial charge in [-0.25, -0.2) is 4.98 Å². The molecule has 0 bridgehead atoms. The molecule has 2 aromatic heterocycles. The summed E-state index contributed by atoms with van der Waals surface area (Å²) < 4.78 is 11.3. The molecule has 5 nitrogen and oxygen atoms in total. The van der Waals surface area contributed by atoms with Crippen molar-refractivity contribution in [2.45, 2.75) is 6.82 Å². The van der Waals surface area contributed by atoms with Crippen LogP contribution in [0.15, 0.2) is 72.9 Å². The largest absolute Gasteiger partial charge is 0.496 e. The Morgan fingerprint density at radius 3 is 2.22 bits per heavy atom. The number of imidazole rings is 1. The van der Waals surface area contributed by atoms with Crippen molar-refractivity contribution in [3.05, 3.63) is 72.9 Å². The molecule has 0 saturated heterocycles. The summed E-state index contributed by atoms with van der Waals surface area (Å²) in [5, 5.41) is 1.15. The van der Waals surface area contributed by atoms with Crippen molar-refractivity contribution in [3.63, 3.8) is 0 Å². The number of methoxy groups -OCH3 is 2. The molecule has 0 aliphatic heterocycles. The molecule has 3 aromatic carbocycles. The molecule has 5 rings (SSSR count). The Morgan fingerprint density at radius 1 is 0.812 bits per heavy atom. The lowest BCUT2D eigenvalue weighted by atomic mass is 9.73. The monoisotopic (exact) mass is 421 g/mol. The predicted molar refractivity (Wildman–Crippen MR) is 133 cm³/mol. The number of nitrogens with zero attached hydrogens (tertiary/aromatic N) is 1. The van der Waals surface area contributed by atoms with Gasteiger partial charge in [-0.1, -0.05) is 48.7 Å². The van der Waals surface area contributed by atoms with E-state index in [-0.39, 0.29) is 0 Å². The molecule has 32 heavy (non-hydrogen) atoms. The van der Waals surface area contributed by atoms with E-state index in [9.17, 15) is 0 Å². The average Bonchev–Trinajstić information content (AvgIpc) is 3.47. The van der Waals surface area contributed by atoms with Gasteiger partial charge in [-0.15, -0.1) is 0 Å². The van der Waals surface area contributed by atoms with E-state index in [1.54, 1.807) is 14.2 Å². The van der Waals surface area contributed by atoms with E-state index in [2.05, 4.69) is 35.0 Å². The SMILES string of the molecule is CBc1ccc2[nH]cc(-c3nc(-c4ccccc4OC)c(-c4ccccc4OC)[nH]3)c2c1. The highest BCUT2D eigenvalue weighted by molar-refractivity contribution is 6.52. The lowest BCUT2D eigenvalue weighted by molar-refractivity contribution is 0.415. The second-order valence-corrected chi connectivity index (χ2v) is 7.65. The summed E-state index contributed by atoms with van der Waals surface area (Å²) in [6.07, 6.45) is 2.01. The number of hydrogen-bond acceptors (Lipinski definition) is 3. The van der Waals surface area contributed by atoms with Crippen LogP contribution >= 0.6 is 0 Å². The molecule has 0 spiro atoms. The molecule has 0 aliphatic rings. The minimum absolute atomic E-state index is 0.772. The van der Waals surface area contributed by atoms with Gasteiger partial charge in [-0.2, -0.15) is 0 Å². The molecule has 0 fully saturated rings. The third-order valence-corrected chi connectivity index (χ3v) is 5.85. The quantitative estimate of drug-likeness (QED) is 0.379. The average molecular weight is 421 g/mol. The minimum Gasteiger partial charge on any atom is -0.496 e. The Morgan fingerprint density at radius 2 is 1.50 bits per heavy atom. The molecule has 0 atom stereocenters. The van der Waals surface area contributed by atoms with Crippen LogP contribution in [0.4, 0.5) is 0 Å². The molecule has 0 unspecified atom stereocenters. The van der Waals surface area contributed by atoms with E-state index in [1.807, 2.05) is 54.7 Å². The maximum Gasteiger partial charge on any atom is 0.154 e. The summed E-state index contributed by atoms with van der Waals surface area (Å²) in [5.74, 6) is 2.35. The van der Waals surface area contributed by atoms with Crippen molar-refractivity contribution in [1.82, 2.24) is 15.0 Å². The minimum atomic E-state index is 0.772. The third-order valence-electron chi connectivity index (χ3n) is 5.85. The Hall–Kier alpha value is -3.93. The maximum absolute atomic E-state index is 5.66. The van der Waals surface area contributed by atoms with Crippen LogP contribution in [-0.4, -0.2) is 36.5 Å². The van der Waals surface area contributed by atoms with Crippen LogP contribution < -0.4 is 14.9 Å². The summed E-state index contributed by atoms with van der Waals surface area (Å²) in [7, 11) is 4.35. The van der Waals surface area contributed by atoms with Crippen molar-refractivity contribution in [2.24, 2.45) is 0 Å². The van der Waals surface area contributed by atoms with Crippen molar-refractivity contribution in [1.29, 1.82) is 0 Å². The molecule has 158 valence electrons. The Labute approximate surface area is 187 Å². The number of rotatable bonds is 6. The topological polar surface area (TPSA) is 62.9 Å². The fraction of sp³-hybridized carbons (Fsp3) is 0.115. The molecule has 5 aromatic rings. The van der Waals surface area contributed by atoms with Gasteiger partial charge in [0.1, 0.15) is 23.0 Å². The first kappa shape index (κ1) is 20.0. The van der Waals surface area contributed by atoms with Crippen LogP contribution in [0.25, 0.3) is 44.8 Å². The first-order valence-corrected chi connectivity index (χ1v) is 10.7. The fourth-order valence-electron chi connectivity index (χ4n) is 4.17. The third kappa shape index (κ3) is 3.34. The van der Waals surface area contributed by atoms with Gasteiger partial charge in [0.05, 0.1) is 19.9 Å². The van der Waals surface area contributed by atoms with Gasteiger partial charge in [0.15, 0.2) is 7.28 Å². The zero-order valence-electron chi connectivity index (χ0n) is 18.4. The summed E-state index contributed by atoms with van der Waals surface area (Å²) in [4.78, 5) is 12.0. The van der Waals surface area contributed by atoms with Gasteiger partial charge in [0.2, 0.25) is 0 Å². The van der Waals surface area contributed by atoms with E-state index in [1.165, 1.54) is 5.46 Å². The van der Waals surface area contributed by atoms with Crippen molar-refractivity contribution >= 4 is 23.6 Å². The van der Waals surface area contributed by atoms with E-state index in [0.717, 1.165) is 63.6 Å². The summed E-state index contributed by atoms with van der Waals surface area (Å²) >= 11 is 0. The fourth-order valence-corrected chi connectivity index (χ4v) is 4.17. The molecule has 6 heteroatoms. The van der Waals surface area contributed by atoms with Crippen LogP contribution in [0.1, 0.15) is 0 Å². The highest BCUT2D eigenvalue weighted by atomic mass is 16.5. The number of nitrogens with one attached hydrogen (secondary N) is 2. The van der Waals surface area contributed by atoms with Gasteiger partial charge in [-0.05, 0) is 30.3 Å². The number of aromatic amines is 2. The highest BCUT2D eigenvalue weighted by Gasteiger charge is 2.21. The Kier molecular flexibility index (Phi) is 5.19. The van der Waals surface area contributed by atoms with Crippen LogP contribution in [0.5, 0.6) is 11.5 Å². The number of hydrogen-bond donors (Lipinski definition) is 2. The van der Waals surface area contributed by atoms with Crippen molar-refractivity contribution < 1.29 is 9.47 Å². The van der Waals surface area contributed by atoms with Crippen molar-refractivity contribution in [3.8, 4) is 45.4 Å². The molecule has 0 amide bonds. The van der Waals surface area contributed by atoms with E-state index >= 15 is 0 Å². The second-order valence-electron chi connectivity index (χ2n) is 7.65. The number of para-hydroxylation sites is 2. The summed E-state index contributed by atoms with van der Waals surface area (Å²) in [5.41, 5.74) is 7.00. The molecule has 2 N–H and O–H groups in total. The maximum atomic E-state index is 5.66. The number of ether oxygens (including phenoxy) is 2. The van der Waals surface area contributed by atoms with Gasteiger partial charge >= 0.3 is 0 Å². The van der Waals surface area contributed by atoms with Crippen LogP contribution in [0.2, 0.25) is 6.82 Å². The molecule has 0 saturated carbocycles. The number of fused-ring (bicyclic) bond motifs is 1. The summed E-state index contributed by atoms with van der Waals surface area (Å²) in [6, 6.07) is 22.4. The van der Waals surface area contributed by atoms with E-state index in [4.69, 9.17) is 14.5 Å². The normalized spacial score (nSPS) is 11.0. The zero-order valence-corrected chi connectivity index (χ0v) is 18.4. The van der Waals surface area contributed by atoms with Crippen LogP contribution in [0, 0.1) is 0 Å². The first-order valence-electron chi connectivity index (χ1n) is 10.7. The van der Waals surface area contributed by atoms with Gasteiger partial charge in [0.25, 0.3) is 0 Å². The van der Waals surface area contributed by atoms with Crippen LogP contribution in [0.3, 0.4) is 0 Å². The molecule has 2 heterocycles. The smallest absolute Gasteiger partial charge is 0.154 e. The zero-order chi connectivity index (χ0) is 22.1. The summed E-state index contributed by atoms with van der Waals surface area (Å²) in [6.45, 7) is 2.17. The Balaban J connectivity index is 1.77. The van der Waals surface area contributed by atoms with Gasteiger partial charge in [0, 0.05) is 33.8 Å².